The monoisotopic (exact) mass is 352 g/mol. The number of carbonyl (C=O) groups excluding carboxylic acids is 2. The average molecular weight is 352 g/mol. The third-order valence-electron chi connectivity index (χ3n) is 4.70. The van der Waals surface area contributed by atoms with Crippen LogP contribution in [0.5, 0.6) is 0 Å². The molecule has 1 aliphatic carbocycles. The average Bonchev–Trinajstić information content (AvgIpc) is 2.83. The highest BCUT2D eigenvalue weighted by atomic mass is 32.1. The molecular weight excluding hydrogens is 326 g/mol. The van der Waals surface area contributed by atoms with E-state index in [-0.39, 0.29) is 18.1 Å². The van der Waals surface area contributed by atoms with Crippen LogP contribution >= 0.6 is 11.3 Å². The molecule has 24 heavy (non-hydrogen) atoms. The lowest BCUT2D eigenvalue weighted by Gasteiger charge is -2.31. The number of ether oxygens (including phenoxy) is 1. The third kappa shape index (κ3) is 3.79. The van der Waals surface area contributed by atoms with Crippen LogP contribution < -0.4 is 16.0 Å². The first kappa shape index (κ1) is 17.4. The number of nitrogens with two attached hydrogens (primary N) is 1. The smallest absolute Gasteiger partial charge is 0.280 e. The number of aryl methyl sites for hydroxylation is 1. The number of anilines is 1. The molecule has 7 heteroatoms. The molecule has 1 saturated heterocycles. The zero-order chi connectivity index (χ0) is 17.3. The van der Waals surface area contributed by atoms with E-state index in [1.54, 1.807) is 0 Å². The van der Waals surface area contributed by atoms with Crippen molar-refractivity contribution < 1.29 is 19.2 Å². The van der Waals surface area contributed by atoms with Crippen molar-refractivity contribution >= 4 is 28.2 Å². The Hall–Kier alpha value is -1.44. The van der Waals surface area contributed by atoms with Crippen molar-refractivity contribution in [2.75, 3.05) is 25.0 Å². The zero-order valence-electron chi connectivity index (χ0n) is 14.3. The predicted molar refractivity (Wildman–Crippen MR) is 93.7 cm³/mol. The number of amides is 2. The van der Waals surface area contributed by atoms with E-state index in [1.807, 2.05) is 13.8 Å². The highest BCUT2D eigenvalue weighted by molar-refractivity contribution is 7.17. The van der Waals surface area contributed by atoms with Crippen molar-refractivity contribution in [3.63, 3.8) is 0 Å². The number of rotatable bonds is 4. The Labute approximate surface area is 146 Å². The van der Waals surface area contributed by atoms with Crippen LogP contribution in [-0.4, -0.2) is 43.7 Å². The first-order chi connectivity index (χ1) is 11.4. The summed E-state index contributed by atoms with van der Waals surface area (Å²) >= 11 is 1.52. The Morgan fingerprint density at radius 2 is 1.92 bits per heavy atom. The quantitative estimate of drug-likeness (QED) is 0.731. The molecule has 1 aliphatic heterocycles. The van der Waals surface area contributed by atoms with Crippen molar-refractivity contribution in [3.05, 3.63) is 16.0 Å². The second kappa shape index (κ2) is 7.21. The minimum atomic E-state index is -0.439. The maximum atomic E-state index is 12.5. The highest BCUT2D eigenvalue weighted by Crippen LogP contribution is 2.37. The SMILES string of the molecule is C[C@@H]1C[NH+](CC(=O)Nc2sc3c(c2C(N)=O)CCCC3)C[C@H](C)O1. The number of fused-ring (bicyclic) bond motifs is 1. The van der Waals surface area contributed by atoms with Crippen molar-refractivity contribution in [2.24, 2.45) is 5.73 Å². The van der Waals surface area contributed by atoms with Gasteiger partial charge in [-0.05, 0) is 45.1 Å². The summed E-state index contributed by atoms with van der Waals surface area (Å²) in [5, 5.41) is 3.58. The van der Waals surface area contributed by atoms with E-state index in [9.17, 15) is 9.59 Å². The number of hydrogen-bond acceptors (Lipinski definition) is 4. The minimum Gasteiger partial charge on any atom is -0.365 e. The van der Waals surface area contributed by atoms with Crippen LogP contribution in [0.15, 0.2) is 0 Å². The lowest BCUT2D eigenvalue weighted by Crippen LogP contribution is -3.16. The molecule has 132 valence electrons. The number of morpholine rings is 1. The fourth-order valence-electron chi connectivity index (χ4n) is 3.85. The fraction of sp³-hybridized carbons (Fsp3) is 0.647. The van der Waals surface area contributed by atoms with Crippen LogP contribution in [0.3, 0.4) is 0 Å². The molecule has 1 fully saturated rings. The Balaban J connectivity index is 1.70. The van der Waals surface area contributed by atoms with Gasteiger partial charge in [-0.1, -0.05) is 0 Å². The summed E-state index contributed by atoms with van der Waals surface area (Å²) in [4.78, 5) is 26.7. The Morgan fingerprint density at radius 3 is 2.58 bits per heavy atom. The van der Waals surface area contributed by atoms with Gasteiger partial charge in [0.15, 0.2) is 6.54 Å². The molecule has 0 bridgehead atoms. The Morgan fingerprint density at radius 1 is 1.25 bits per heavy atom. The number of carbonyl (C=O) groups is 2. The van der Waals surface area contributed by atoms with Crippen LogP contribution in [0.1, 0.15) is 47.5 Å². The van der Waals surface area contributed by atoms with Crippen LogP contribution in [0.4, 0.5) is 5.00 Å². The molecule has 2 amide bonds. The molecule has 2 heterocycles. The molecule has 4 N–H and O–H groups in total. The summed E-state index contributed by atoms with van der Waals surface area (Å²) in [5.74, 6) is -0.502. The van der Waals surface area contributed by atoms with E-state index in [0.717, 1.165) is 44.3 Å². The summed E-state index contributed by atoms with van der Waals surface area (Å²) in [6, 6.07) is 0. The standard InChI is InChI=1S/C17H25N3O3S/c1-10-7-20(8-11(2)23-10)9-14(21)19-17-15(16(18)22)12-5-3-4-6-13(12)24-17/h10-11H,3-9H2,1-2H3,(H2,18,22)(H,19,21)/p+1/t10-,11+. The van der Waals surface area contributed by atoms with Crippen molar-refractivity contribution in [1.29, 1.82) is 0 Å². The number of primary amides is 1. The van der Waals surface area contributed by atoms with Crippen LogP contribution in [0.25, 0.3) is 0 Å². The fourth-order valence-corrected chi connectivity index (χ4v) is 5.16. The first-order valence-electron chi connectivity index (χ1n) is 8.67. The van der Waals surface area contributed by atoms with Crippen LogP contribution in [0, 0.1) is 0 Å². The summed E-state index contributed by atoms with van der Waals surface area (Å²) in [6.07, 6.45) is 4.38. The van der Waals surface area contributed by atoms with Crippen LogP contribution in [-0.2, 0) is 22.4 Å². The summed E-state index contributed by atoms with van der Waals surface area (Å²) in [5.41, 5.74) is 7.15. The van der Waals surface area contributed by atoms with Gasteiger partial charge in [0, 0.05) is 4.88 Å². The molecule has 6 nitrogen and oxygen atoms in total. The van der Waals surface area contributed by atoms with Gasteiger partial charge in [0.2, 0.25) is 0 Å². The maximum absolute atomic E-state index is 12.5. The van der Waals surface area contributed by atoms with E-state index >= 15 is 0 Å². The number of nitrogens with one attached hydrogen (secondary N) is 2. The second-order valence-corrected chi connectivity index (χ2v) is 8.02. The van der Waals surface area contributed by atoms with E-state index in [0.29, 0.717) is 17.1 Å². The Kier molecular flexibility index (Phi) is 5.22. The normalized spacial score (nSPS) is 26.7. The van der Waals surface area contributed by atoms with Crippen molar-refractivity contribution in [1.82, 2.24) is 0 Å². The van der Waals surface area contributed by atoms with Crippen molar-refractivity contribution in [3.8, 4) is 0 Å². The van der Waals surface area contributed by atoms with Gasteiger partial charge in [-0.3, -0.25) is 9.59 Å². The number of thiophene rings is 1. The Bertz CT molecular complexity index is 633. The minimum absolute atomic E-state index is 0.0626. The summed E-state index contributed by atoms with van der Waals surface area (Å²) < 4.78 is 5.71. The lowest BCUT2D eigenvalue weighted by atomic mass is 9.95. The van der Waals surface area contributed by atoms with Gasteiger partial charge in [-0.25, -0.2) is 0 Å². The van der Waals surface area contributed by atoms with Gasteiger partial charge < -0.3 is 20.7 Å². The number of hydrogen-bond donors (Lipinski definition) is 3. The maximum Gasteiger partial charge on any atom is 0.280 e. The predicted octanol–water partition coefficient (Wildman–Crippen LogP) is 0.356. The van der Waals surface area contributed by atoms with Crippen LogP contribution in [0.2, 0.25) is 0 Å². The van der Waals surface area contributed by atoms with Crippen molar-refractivity contribution in [2.45, 2.75) is 51.7 Å². The molecule has 3 rings (SSSR count). The van der Waals surface area contributed by atoms with Gasteiger partial charge in [-0.15, -0.1) is 11.3 Å². The molecule has 0 radical (unpaired) electrons. The molecular formula is C17H26N3O3S+. The van der Waals surface area contributed by atoms with Gasteiger partial charge in [0.05, 0.1) is 5.56 Å². The van der Waals surface area contributed by atoms with Gasteiger partial charge in [0.25, 0.3) is 11.8 Å². The molecule has 3 atom stereocenters. The van der Waals surface area contributed by atoms with E-state index in [2.05, 4.69) is 5.32 Å². The van der Waals surface area contributed by atoms with E-state index in [1.165, 1.54) is 21.1 Å². The molecule has 1 aromatic heterocycles. The van der Waals surface area contributed by atoms with E-state index < -0.39 is 5.91 Å². The molecule has 0 aromatic carbocycles. The largest absolute Gasteiger partial charge is 0.365 e. The highest BCUT2D eigenvalue weighted by Gasteiger charge is 2.29. The molecule has 1 unspecified atom stereocenters. The molecule has 2 aliphatic rings. The molecule has 0 saturated carbocycles. The third-order valence-corrected chi connectivity index (χ3v) is 5.91. The second-order valence-electron chi connectivity index (χ2n) is 6.92. The summed E-state index contributed by atoms with van der Waals surface area (Å²) in [6.45, 7) is 6.10. The lowest BCUT2D eigenvalue weighted by molar-refractivity contribution is -0.907. The molecule has 1 aromatic rings. The topological polar surface area (TPSA) is 85.9 Å². The van der Waals surface area contributed by atoms with Gasteiger partial charge >= 0.3 is 0 Å². The number of quaternary nitrogens is 1. The van der Waals surface area contributed by atoms with Gasteiger partial charge in [0.1, 0.15) is 30.3 Å². The zero-order valence-corrected chi connectivity index (χ0v) is 15.1. The molecule has 0 spiro atoms. The van der Waals surface area contributed by atoms with E-state index in [4.69, 9.17) is 10.5 Å². The van der Waals surface area contributed by atoms with Gasteiger partial charge in [-0.2, -0.15) is 0 Å². The first-order valence-corrected chi connectivity index (χ1v) is 9.49. The summed E-state index contributed by atoms with van der Waals surface area (Å²) in [7, 11) is 0.